The molecule has 0 aromatic heterocycles. The van der Waals surface area contributed by atoms with Crippen molar-refractivity contribution >= 4 is 21.6 Å². The quantitative estimate of drug-likeness (QED) is 0.837. The van der Waals surface area contributed by atoms with Crippen LogP contribution in [0.25, 0.3) is 0 Å². The van der Waals surface area contributed by atoms with Crippen LogP contribution in [0, 0.1) is 5.92 Å². The highest BCUT2D eigenvalue weighted by Gasteiger charge is 2.13. The van der Waals surface area contributed by atoms with E-state index in [1.165, 1.54) is 37.9 Å². The first kappa shape index (κ1) is 11.9. The maximum absolute atomic E-state index is 5.97. The third kappa shape index (κ3) is 3.22. The van der Waals surface area contributed by atoms with E-state index in [1.54, 1.807) is 0 Å². The Labute approximate surface area is 106 Å². The van der Waals surface area contributed by atoms with Crippen LogP contribution in [0.5, 0.6) is 0 Å². The van der Waals surface area contributed by atoms with E-state index >= 15 is 0 Å². The predicted octanol–water partition coefficient (Wildman–Crippen LogP) is 2.96. The Balaban J connectivity index is 1.90. The second-order valence-corrected chi connectivity index (χ2v) is 5.49. The fourth-order valence-corrected chi connectivity index (χ4v) is 2.73. The molecule has 0 saturated carbocycles. The third-order valence-electron chi connectivity index (χ3n) is 3.39. The highest BCUT2D eigenvalue weighted by Crippen LogP contribution is 2.23. The number of nitrogen functional groups attached to an aromatic ring is 1. The van der Waals surface area contributed by atoms with Gasteiger partial charge in [0, 0.05) is 10.2 Å². The third-order valence-corrected chi connectivity index (χ3v) is 3.88. The Kier molecular flexibility index (Phi) is 4.24. The summed E-state index contributed by atoms with van der Waals surface area (Å²) in [6.07, 6.45) is 5.00. The average Bonchev–Trinajstić information content (AvgIpc) is 2.32. The molecule has 0 unspecified atom stereocenters. The molecule has 1 aromatic rings. The number of nitrogens with two attached hydrogens (primary N) is 1. The Morgan fingerprint density at radius 2 is 2.06 bits per heavy atom. The summed E-state index contributed by atoms with van der Waals surface area (Å²) in [7, 11) is 0. The molecular weight excluding hydrogens is 264 g/mol. The van der Waals surface area contributed by atoms with E-state index < -0.39 is 0 Å². The van der Waals surface area contributed by atoms with Gasteiger partial charge in [-0.25, -0.2) is 0 Å². The van der Waals surface area contributed by atoms with Gasteiger partial charge in [0.1, 0.15) is 0 Å². The van der Waals surface area contributed by atoms with Crippen LogP contribution in [-0.4, -0.2) is 13.1 Å². The lowest BCUT2D eigenvalue weighted by Gasteiger charge is -2.22. The van der Waals surface area contributed by atoms with Gasteiger partial charge in [-0.15, -0.1) is 0 Å². The lowest BCUT2D eigenvalue weighted by molar-refractivity contribution is 0.354. The number of aryl methyl sites for hydroxylation is 1. The largest absolute Gasteiger partial charge is 0.399 e. The van der Waals surface area contributed by atoms with Crippen LogP contribution in [0.15, 0.2) is 22.7 Å². The lowest BCUT2D eigenvalue weighted by atomic mass is 9.91. The van der Waals surface area contributed by atoms with Crippen LogP contribution < -0.4 is 11.1 Å². The zero-order chi connectivity index (χ0) is 11.4. The van der Waals surface area contributed by atoms with Crippen molar-refractivity contribution in [1.29, 1.82) is 0 Å². The first-order valence-electron chi connectivity index (χ1n) is 6.00. The number of halogens is 1. The van der Waals surface area contributed by atoms with Crippen LogP contribution in [0.2, 0.25) is 0 Å². The second kappa shape index (κ2) is 5.69. The first-order chi connectivity index (χ1) is 7.75. The maximum atomic E-state index is 5.97. The van der Waals surface area contributed by atoms with Gasteiger partial charge >= 0.3 is 0 Å². The Morgan fingerprint density at radius 3 is 2.81 bits per heavy atom. The molecule has 0 aliphatic carbocycles. The summed E-state index contributed by atoms with van der Waals surface area (Å²) < 4.78 is 1.13. The molecule has 1 saturated heterocycles. The standard InChI is InChI=1S/C13H19BrN2/c14-12-3-4-13(15)11(9-12)2-1-10-5-7-16-8-6-10/h3-4,9-10,16H,1-2,5-8,15H2. The molecule has 1 aromatic carbocycles. The summed E-state index contributed by atoms with van der Waals surface area (Å²) in [6, 6.07) is 6.14. The van der Waals surface area contributed by atoms with Crippen LogP contribution in [0.1, 0.15) is 24.8 Å². The number of benzene rings is 1. The number of anilines is 1. The van der Waals surface area contributed by atoms with Crippen molar-refractivity contribution in [3.8, 4) is 0 Å². The Morgan fingerprint density at radius 1 is 1.31 bits per heavy atom. The molecule has 3 heteroatoms. The molecule has 1 heterocycles. The fourth-order valence-electron chi connectivity index (χ4n) is 2.32. The van der Waals surface area contributed by atoms with Gasteiger partial charge in [-0.1, -0.05) is 15.9 Å². The van der Waals surface area contributed by atoms with E-state index in [0.717, 1.165) is 22.5 Å². The molecule has 0 bridgehead atoms. The summed E-state index contributed by atoms with van der Waals surface area (Å²) in [5.41, 5.74) is 8.18. The van der Waals surface area contributed by atoms with Crippen LogP contribution >= 0.6 is 15.9 Å². The molecule has 0 amide bonds. The van der Waals surface area contributed by atoms with Gasteiger partial charge in [0.25, 0.3) is 0 Å². The molecule has 1 aliphatic rings. The van der Waals surface area contributed by atoms with Gasteiger partial charge in [0.15, 0.2) is 0 Å². The van der Waals surface area contributed by atoms with Crippen molar-refractivity contribution in [3.05, 3.63) is 28.2 Å². The highest BCUT2D eigenvalue weighted by atomic mass is 79.9. The molecule has 16 heavy (non-hydrogen) atoms. The van der Waals surface area contributed by atoms with Crippen molar-refractivity contribution in [3.63, 3.8) is 0 Å². The minimum Gasteiger partial charge on any atom is -0.399 e. The van der Waals surface area contributed by atoms with Crippen molar-refractivity contribution < 1.29 is 0 Å². The fraction of sp³-hybridized carbons (Fsp3) is 0.538. The summed E-state index contributed by atoms with van der Waals surface area (Å²) in [5.74, 6) is 0.875. The predicted molar refractivity (Wildman–Crippen MR) is 72.5 cm³/mol. The number of piperidine rings is 1. The summed E-state index contributed by atoms with van der Waals surface area (Å²) in [4.78, 5) is 0. The van der Waals surface area contributed by atoms with Crippen LogP contribution in [-0.2, 0) is 6.42 Å². The molecule has 88 valence electrons. The zero-order valence-electron chi connectivity index (χ0n) is 9.51. The monoisotopic (exact) mass is 282 g/mol. The smallest absolute Gasteiger partial charge is 0.0347 e. The second-order valence-electron chi connectivity index (χ2n) is 4.58. The highest BCUT2D eigenvalue weighted by molar-refractivity contribution is 9.10. The van der Waals surface area contributed by atoms with Gasteiger partial charge in [0.05, 0.1) is 0 Å². The van der Waals surface area contributed by atoms with Gasteiger partial charge in [-0.2, -0.15) is 0 Å². The number of hydrogen-bond acceptors (Lipinski definition) is 2. The van der Waals surface area contributed by atoms with Crippen LogP contribution in [0.4, 0.5) is 5.69 Å². The summed E-state index contributed by atoms with van der Waals surface area (Å²) in [6.45, 7) is 2.36. The summed E-state index contributed by atoms with van der Waals surface area (Å²) >= 11 is 3.50. The van der Waals surface area contributed by atoms with Crippen molar-refractivity contribution in [2.24, 2.45) is 5.92 Å². The van der Waals surface area contributed by atoms with E-state index in [1.807, 2.05) is 12.1 Å². The lowest BCUT2D eigenvalue weighted by Crippen LogP contribution is -2.27. The average molecular weight is 283 g/mol. The van der Waals surface area contributed by atoms with Gasteiger partial charge < -0.3 is 11.1 Å². The SMILES string of the molecule is Nc1ccc(Br)cc1CCC1CCNCC1. The molecule has 2 nitrogen and oxygen atoms in total. The minimum atomic E-state index is 0.875. The molecule has 3 N–H and O–H groups in total. The molecular formula is C13H19BrN2. The van der Waals surface area contributed by atoms with E-state index in [0.29, 0.717) is 0 Å². The van der Waals surface area contributed by atoms with Crippen molar-refractivity contribution in [2.45, 2.75) is 25.7 Å². The molecule has 0 spiro atoms. The molecule has 2 rings (SSSR count). The normalized spacial score (nSPS) is 17.6. The molecule has 0 atom stereocenters. The topological polar surface area (TPSA) is 38.0 Å². The number of rotatable bonds is 3. The summed E-state index contributed by atoms with van der Waals surface area (Å²) in [5, 5.41) is 3.40. The van der Waals surface area contributed by atoms with Gasteiger partial charge in [-0.3, -0.25) is 0 Å². The van der Waals surface area contributed by atoms with E-state index in [2.05, 4.69) is 27.3 Å². The van der Waals surface area contributed by atoms with Gasteiger partial charge in [0.2, 0.25) is 0 Å². The van der Waals surface area contributed by atoms with E-state index in [-0.39, 0.29) is 0 Å². The van der Waals surface area contributed by atoms with Crippen LogP contribution in [0.3, 0.4) is 0 Å². The first-order valence-corrected chi connectivity index (χ1v) is 6.79. The number of hydrogen-bond donors (Lipinski definition) is 2. The maximum Gasteiger partial charge on any atom is 0.0347 e. The van der Waals surface area contributed by atoms with E-state index in [9.17, 15) is 0 Å². The van der Waals surface area contributed by atoms with Crippen molar-refractivity contribution in [2.75, 3.05) is 18.8 Å². The molecule has 1 aliphatic heterocycles. The van der Waals surface area contributed by atoms with Crippen molar-refractivity contribution in [1.82, 2.24) is 5.32 Å². The van der Waals surface area contributed by atoms with E-state index in [4.69, 9.17) is 5.73 Å². The Bertz CT molecular complexity index is 346. The molecule has 1 fully saturated rings. The number of nitrogens with one attached hydrogen (secondary N) is 1. The molecule has 0 radical (unpaired) electrons. The Hall–Kier alpha value is -0.540. The zero-order valence-corrected chi connectivity index (χ0v) is 11.1. The van der Waals surface area contributed by atoms with Gasteiger partial charge in [-0.05, 0) is 68.5 Å². The minimum absolute atomic E-state index is 0.875.